The number of thiophene rings is 1. The number of hydrogen-bond acceptors (Lipinski definition) is 6. The van der Waals surface area contributed by atoms with Crippen LogP contribution in [0.5, 0.6) is 11.5 Å². The summed E-state index contributed by atoms with van der Waals surface area (Å²) in [5.41, 5.74) is 2.12. The lowest BCUT2D eigenvalue weighted by Crippen LogP contribution is -2.18. The molecule has 0 atom stereocenters. The van der Waals surface area contributed by atoms with Gasteiger partial charge in [-0.2, -0.15) is 0 Å². The van der Waals surface area contributed by atoms with Crippen LogP contribution in [0.1, 0.15) is 21.9 Å². The van der Waals surface area contributed by atoms with E-state index in [1.807, 2.05) is 25.1 Å². The molecule has 6 heteroatoms. The number of methoxy groups -OCH3 is 2. The molecular formula is C20H24N2O3S. The summed E-state index contributed by atoms with van der Waals surface area (Å²) < 4.78 is 16.5. The van der Waals surface area contributed by atoms with Crippen molar-refractivity contribution in [1.82, 2.24) is 9.88 Å². The van der Waals surface area contributed by atoms with Crippen molar-refractivity contribution >= 4 is 11.3 Å². The highest BCUT2D eigenvalue weighted by Gasteiger charge is 2.15. The van der Waals surface area contributed by atoms with Crippen LogP contribution < -0.4 is 9.47 Å². The van der Waals surface area contributed by atoms with Crippen LogP contribution in [-0.2, 0) is 13.1 Å². The first-order chi connectivity index (χ1) is 12.5. The number of benzene rings is 1. The molecule has 0 amide bonds. The zero-order valence-corrected chi connectivity index (χ0v) is 16.6. The van der Waals surface area contributed by atoms with E-state index in [0.717, 1.165) is 39.9 Å². The lowest BCUT2D eigenvalue weighted by Gasteiger charge is -2.17. The van der Waals surface area contributed by atoms with E-state index in [1.54, 1.807) is 25.6 Å². The van der Waals surface area contributed by atoms with Gasteiger partial charge in [0, 0.05) is 18.0 Å². The molecule has 2 heterocycles. The van der Waals surface area contributed by atoms with Gasteiger partial charge in [-0.3, -0.25) is 4.90 Å². The standard InChI is InChI=1S/C20H24N2O3S/c1-13-6-9-19(26-13)20-21-16(14(2)25-20)12-22(3)11-15-7-8-17(23-4)18(10-15)24-5/h6-10H,11-12H2,1-5H3. The zero-order valence-electron chi connectivity index (χ0n) is 15.8. The van der Waals surface area contributed by atoms with Gasteiger partial charge in [-0.15, -0.1) is 11.3 Å². The molecule has 0 aliphatic carbocycles. The first kappa shape index (κ1) is 18.5. The Balaban J connectivity index is 1.70. The summed E-state index contributed by atoms with van der Waals surface area (Å²) in [6.45, 7) is 5.55. The van der Waals surface area contributed by atoms with Gasteiger partial charge in [0.25, 0.3) is 0 Å². The molecule has 0 aliphatic rings. The summed E-state index contributed by atoms with van der Waals surface area (Å²) in [5, 5.41) is 0. The molecule has 26 heavy (non-hydrogen) atoms. The Morgan fingerprint density at radius 1 is 1.04 bits per heavy atom. The number of hydrogen-bond donors (Lipinski definition) is 0. The molecule has 3 rings (SSSR count). The van der Waals surface area contributed by atoms with Crippen LogP contribution in [-0.4, -0.2) is 31.2 Å². The molecule has 0 bridgehead atoms. The number of nitrogens with zero attached hydrogens (tertiary/aromatic N) is 2. The second kappa shape index (κ2) is 7.93. The van der Waals surface area contributed by atoms with E-state index in [4.69, 9.17) is 18.9 Å². The third kappa shape index (κ3) is 4.08. The Bertz CT molecular complexity index is 885. The van der Waals surface area contributed by atoms with E-state index < -0.39 is 0 Å². The number of rotatable bonds is 7. The first-order valence-electron chi connectivity index (χ1n) is 8.42. The second-order valence-electron chi connectivity index (χ2n) is 6.29. The second-order valence-corrected chi connectivity index (χ2v) is 7.58. The highest BCUT2D eigenvalue weighted by Crippen LogP contribution is 2.30. The van der Waals surface area contributed by atoms with Crippen molar-refractivity contribution < 1.29 is 13.9 Å². The molecule has 0 aliphatic heterocycles. The highest BCUT2D eigenvalue weighted by molar-refractivity contribution is 7.15. The van der Waals surface area contributed by atoms with E-state index in [-0.39, 0.29) is 0 Å². The number of aryl methyl sites for hydroxylation is 2. The van der Waals surface area contributed by atoms with Crippen molar-refractivity contribution in [2.45, 2.75) is 26.9 Å². The number of aromatic nitrogens is 1. The van der Waals surface area contributed by atoms with Gasteiger partial charge in [0.1, 0.15) is 5.76 Å². The minimum Gasteiger partial charge on any atom is -0.493 e. The Hall–Kier alpha value is -2.31. The molecule has 138 valence electrons. The van der Waals surface area contributed by atoms with Crippen molar-refractivity contribution in [2.24, 2.45) is 0 Å². The van der Waals surface area contributed by atoms with Gasteiger partial charge in [-0.25, -0.2) is 4.98 Å². The Labute approximate surface area is 158 Å². The van der Waals surface area contributed by atoms with Crippen LogP contribution in [0.2, 0.25) is 0 Å². The molecule has 0 N–H and O–H groups in total. The summed E-state index contributed by atoms with van der Waals surface area (Å²) in [6.07, 6.45) is 0. The van der Waals surface area contributed by atoms with Gasteiger partial charge in [0.05, 0.1) is 24.8 Å². The van der Waals surface area contributed by atoms with Crippen molar-refractivity contribution in [2.75, 3.05) is 21.3 Å². The predicted molar refractivity (Wildman–Crippen MR) is 104 cm³/mol. The van der Waals surface area contributed by atoms with Crippen LogP contribution in [0.15, 0.2) is 34.7 Å². The fourth-order valence-corrected chi connectivity index (χ4v) is 3.63. The van der Waals surface area contributed by atoms with Gasteiger partial charge in [0.2, 0.25) is 5.89 Å². The Kier molecular flexibility index (Phi) is 5.64. The van der Waals surface area contributed by atoms with Gasteiger partial charge in [0.15, 0.2) is 11.5 Å². The van der Waals surface area contributed by atoms with Crippen molar-refractivity contribution in [3.05, 3.63) is 52.2 Å². The van der Waals surface area contributed by atoms with Crippen LogP contribution in [0, 0.1) is 13.8 Å². The lowest BCUT2D eigenvalue weighted by molar-refractivity contribution is 0.311. The first-order valence-corrected chi connectivity index (χ1v) is 9.24. The van der Waals surface area contributed by atoms with E-state index in [9.17, 15) is 0 Å². The van der Waals surface area contributed by atoms with Crippen LogP contribution in [0.3, 0.4) is 0 Å². The summed E-state index contributed by atoms with van der Waals surface area (Å²) in [6, 6.07) is 10.1. The summed E-state index contributed by atoms with van der Waals surface area (Å²) in [5.74, 6) is 3.05. The van der Waals surface area contributed by atoms with Gasteiger partial charge < -0.3 is 13.9 Å². The molecule has 0 fully saturated rings. The molecule has 0 saturated heterocycles. The molecule has 3 aromatic rings. The van der Waals surface area contributed by atoms with Gasteiger partial charge >= 0.3 is 0 Å². The van der Waals surface area contributed by atoms with Crippen molar-refractivity contribution in [3.63, 3.8) is 0 Å². The fourth-order valence-electron chi connectivity index (χ4n) is 2.83. The molecule has 0 unspecified atom stereocenters. The summed E-state index contributed by atoms with van der Waals surface area (Å²) in [7, 11) is 5.36. The van der Waals surface area contributed by atoms with Crippen LogP contribution >= 0.6 is 11.3 Å². The van der Waals surface area contributed by atoms with E-state index in [1.165, 1.54) is 4.88 Å². The van der Waals surface area contributed by atoms with Crippen molar-refractivity contribution in [1.29, 1.82) is 0 Å². The third-order valence-electron chi connectivity index (χ3n) is 4.16. The van der Waals surface area contributed by atoms with Gasteiger partial charge in [-0.05, 0) is 50.7 Å². The minimum absolute atomic E-state index is 0.704. The SMILES string of the molecule is COc1ccc(CN(C)Cc2nc(-c3ccc(C)s3)oc2C)cc1OC. The summed E-state index contributed by atoms with van der Waals surface area (Å²) >= 11 is 1.70. The normalized spacial score (nSPS) is 11.2. The quantitative estimate of drug-likeness (QED) is 0.603. The van der Waals surface area contributed by atoms with E-state index in [0.29, 0.717) is 12.4 Å². The molecule has 1 aromatic carbocycles. The molecular weight excluding hydrogens is 348 g/mol. The predicted octanol–water partition coefficient (Wildman–Crippen LogP) is 4.67. The Morgan fingerprint density at radius 2 is 1.81 bits per heavy atom. The lowest BCUT2D eigenvalue weighted by atomic mass is 10.2. The van der Waals surface area contributed by atoms with Crippen LogP contribution in [0.4, 0.5) is 0 Å². The van der Waals surface area contributed by atoms with E-state index >= 15 is 0 Å². The highest BCUT2D eigenvalue weighted by atomic mass is 32.1. The van der Waals surface area contributed by atoms with Crippen molar-refractivity contribution in [3.8, 4) is 22.3 Å². The van der Waals surface area contributed by atoms with Crippen LogP contribution in [0.25, 0.3) is 10.8 Å². The minimum atomic E-state index is 0.704. The third-order valence-corrected chi connectivity index (χ3v) is 5.15. The fraction of sp³-hybridized carbons (Fsp3) is 0.350. The smallest absolute Gasteiger partial charge is 0.236 e. The molecule has 0 saturated carbocycles. The van der Waals surface area contributed by atoms with Gasteiger partial charge in [-0.1, -0.05) is 6.07 Å². The molecule has 5 nitrogen and oxygen atoms in total. The molecule has 0 radical (unpaired) electrons. The van der Waals surface area contributed by atoms with E-state index in [2.05, 4.69) is 31.0 Å². The maximum atomic E-state index is 5.87. The maximum Gasteiger partial charge on any atom is 0.236 e. The number of ether oxygens (including phenoxy) is 2. The topological polar surface area (TPSA) is 47.7 Å². The largest absolute Gasteiger partial charge is 0.493 e. The Morgan fingerprint density at radius 3 is 2.46 bits per heavy atom. The summed E-state index contributed by atoms with van der Waals surface area (Å²) in [4.78, 5) is 9.22. The number of oxazole rings is 1. The zero-order chi connectivity index (χ0) is 18.7. The average molecular weight is 372 g/mol. The molecule has 2 aromatic heterocycles. The maximum absolute atomic E-state index is 5.87. The average Bonchev–Trinajstić information content (AvgIpc) is 3.21. The molecule has 0 spiro atoms. The monoisotopic (exact) mass is 372 g/mol.